The number of halogens is 1. The molecule has 1 aliphatic heterocycles. The van der Waals surface area contributed by atoms with Crippen LogP contribution < -0.4 is 0 Å². The van der Waals surface area contributed by atoms with Crippen LogP contribution in [0.5, 0.6) is 0 Å². The maximum Gasteiger partial charge on any atom is 0.295 e. The van der Waals surface area contributed by atoms with E-state index in [9.17, 15) is 19.1 Å². The van der Waals surface area contributed by atoms with E-state index in [2.05, 4.69) is 0 Å². The largest absolute Gasteiger partial charge is 0.507 e. The summed E-state index contributed by atoms with van der Waals surface area (Å²) in [7, 11) is 3.70. The van der Waals surface area contributed by atoms with E-state index in [0.717, 1.165) is 5.56 Å². The van der Waals surface area contributed by atoms with Gasteiger partial charge in [-0.25, -0.2) is 4.39 Å². The molecule has 0 aromatic heterocycles. The molecule has 0 bridgehead atoms. The molecule has 1 amide bonds. The van der Waals surface area contributed by atoms with E-state index in [1.54, 1.807) is 36.4 Å². The highest BCUT2D eigenvalue weighted by molar-refractivity contribution is 6.46. The summed E-state index contributed by atoms with van der Waals surface area (Å²) >= 11 is 0. The van der Waals surface area contributed by atoms with E-state index in [1.165, 1.54) is 17.0 Å². The Morgan fingerprint density at radius 1 is 1.11 bits per heavy atom. The Hall–Kier alpha value is -2.99. The van der Waals surface area contributed by atoms with Gasteiger partial charge in [0.1, 0.15) is 11.6 Å². The van der Waals surface area contributed by atoms with Gasteiger partial charge >= 0.3 is 0 Å². The quantitative estimate of drug-likeness (QED) is 0.490. The topological polar surface area (TPSA) is 60.9 Å². The summed E-state index contributed by atoms with van der Waals surface area (Å²) in [5.41, 5.74) is 1.51. The number of carbonyl (C=O) groups is 2. The van der Waals surface area contributed by atoms with Gasteiger partial charge in [-0.15, -0.1) is 0 Å². The van der Waals surface area contributed by atoms with E-state index in [-0.39, 0.29) is 23.4 Å². The SMILES string of the molecule is Cc1ccc(C(O)=C2C(=O)C(=O)N(CCN(C)C)[C@H]2c2ccccc2F)cc1. The van der Waals surface area contributed by atoms with Crippen LogP contribution in [-0.2, 0) is 9.59 Å². The fourth-order valence-corrected chi connectivity index (χ4v) is 3.31. The molecule has 1 saturated heterocycles. The van der Waals surface area contributed by atoms with Crippen molar-refractivity contribution in [2.24, 2.45) is 0 Å². The second kappa shape index (κ2) is 7.94. The van der Waals surface area contributed by atoms with Crippen LogP contribution in [0.4, 0.5) is 4.39 Å². The molecule has 3 rings (SSSR count). The minimum Gasteiger partial charge on any atom is -0.507 e. The number of Topliss-reactive ketones (excluding diaryl/α,β-unsaturated/α-hetero) is 1. The van der Waals surface area contributed by atoms with Crippen LogP contribution in [0.1, 0.15) is 22.7 Å². The predicted molar refractivity (Wildman–Crippen MR) is 105 cm³/mol. The van der Waals surface area contributed by atoms with Crippen molar-refractivity contribution in [2.45, 2.75) is 13.0 Å². The smallest absolute Gasteiger partial charge is 0.295 e. The zero-order valence-electron chi connectivity index (χ0n) is 16.1. The number of rotatable bonds is 5. The Bertz CT molecular complexity index is 935. The van der Waals surface area contributed by atoms with Gasteiger partial charge in [0.15, 0.2) is 0 Å². The van der Waals surface area contributed by atoms with Gasteiger partial charge in [-0.1, -0.05) is 48.0 Å². The lowest BCUT2D eigenvalue weighted by atomic mass is 9.94. The molecule has 6 heteroatoms. The van der Waals surface area contributed by atoms with Crippen molar-refractivity contribution >= 4 is 17.4 Å². The summed E-state index contributed by atoms with van der Waals surface area (Å²) in [5, 5.41) is 10.9. The summed E-state index contributed by atoms with van der Waals surface area (Å²) < 4.78 is 14.6. The molecule has 28 heavy (non-hydrogen) atoms. The molecular formula is C22H23FN2O3. The third kappa shape index (κ3) is 3.68. The maximum absolute atomic E-state index is 14.6. The number of hydrogen-bond acceptors (Lipinski definition) is 4. The van der Waals surface area contributed by atoms with Crippen LogP contribution in [-0.4, -0.2) is 53.8 Å². The molecule has 2 aromatic rings. The van der Waals surface area contributed by atoms with Crippen molar-refractivity contribution in [2.75, 3.05) is 27.2 Å². The van der Waals surface area contributed by atoms with Crippen molar-refractivity contribution < 1.29 is 19.1 Å². The molecule has 0 aliphatic carbocycles. The summed E-state index contributed by atoms with van der Waals surface area (Å²) in [6, 6.07) is 12.0. The Kier molecular flexibility index (Phi) is 5.61. The molecule has 5 nitrogen and oxygen atoms in total. The number of likely N-dealkylation sites (N-methyl/N-ethyl adjacent to an activating group) is 1. The van der Waals surface area contributed by atoms with Crippen molar-refractivity contribution in [1.82, 2.24) is 9.80 Å². The molecule has 1 heterocycles. The first-order valence-electron chi connectivity index (χ1n) is 9.06. The van der Waals surface area contributed by atoms with Crippen LogP contribution in [0, 0.1) is 12.7 Å². The normalized spacial score (nSPS) is 18.9. The van der Waals surface area contributed by atoms with E-state index >= 15 is 0 Å². The number of nitrogens with zero attached hydrogens (tertiary/aromatic N) is 2. The first kappa shape index (κ1) is 19.8. The number of aryl methyl sites for hydroxylation is 1. The minimum absolute atomic E-state index is 0.0855. The van der Waals surface area contributed by atoms with Crippen LogP contribution in [0.2, 0.25) is 0 Å². The highest BCUT2D eigenvalue weighted by atomic mass is 19.1. The van der Waals surface area contributed by atoms with Gasteiger partial charge in [0.2, 0.25) is 0 Å². The zero-order valence-corrected chi connectivity index (χ0v) is 16.1. The van der Waals surface area contributed by atoms with Crippen LogP contribution in [0.25, 0.3) is 5.76 Å². The number of aliphatic hydroxyl groups excluding tert-OH is 1. The van der Waals surface area contributed by atoms with Crippen molar-refractivity contribution in [3.8, 4) is 0 Å². The van der Waals surface area contributed by atoms with Gasteiger partial charge in [-0.2, -0.15) is 0 Å². The molecule has 146 valence electrons. The summed E-state index contributed by atoms with van der Waals surface area (Å²) in [5.74, 6) is -2.35. The highest BCUT2D eigenvalue weighted by Crippen LogP contribution is 2.40. The fraction of sp³-hybridized carbons (Fsp3) is 0.273. The van der Waals surface area contributed by atoms with E-state index < -0.39 is 23.5 Å². The van der Waals surface area contributed by atoms with Gasteiger partial charge in [0.25, 0.3) is 11.7 Å². The predicted octanol–water partition coefficient (Wildman–Crippen LogP) is 3.12. The highest BCUT2D eigenvalue weighted by Gasteiger charge is 2.46. The van der Waals surface area contributed by atoms with Crippen molar-refractivity contribution in [3.05, 3.63) is 76.6 Å². The monoisotopic (exact) mass is 382 g/mol. The third-order valence-corrected chi connectivity index (χ3v) is 4.85. The van der Waals surface area contributed by atoms with E-state index in [0.29, 0.717) is 12.1 Å². The number of benzene rings is 2. The molecule has 0 unspecified atom stereocenters. The molecule has 0 radical (unpaired) electrons. The Morgan fingerprint density at radius 2 is 1.75 bits per heavy atom. The van der Waals surface area contributed by atoms with E-state index in [1.807, 2.05) is 25.9 Å². The van der Waals surface area contributed by atoms with Gasteiger partial charge < -0.3 is 14.9 Å². The second-order valence-corrected chi connectivity index (χ2v) is 7.18. The second-order valence-electron chi connectivity index (χ2n) is 7.18. The average molecular weight is 382 g/mol. The number of carbonyl (C=O) groups excluding carboxylic acids is 2. The fourth-order valence-electron chi connectivity index (χ4n) is 3.31. The number of hydrogen-bond donors (Lipinski definition) is 1. The number of amides is 1. The minimum atomic E-state index is -0.970. The molecule has 1 fully saturated rings. The molecule has 1 aliphatic rings. The Morgan fingerprint density at radius 3 is 2.36 bits per heavy atom. The molecule has 1 N–H and O–H groups in total. The number of ketones is 1. The van der Waals surface area contributed by atoms with Crippen molar-refractivity contribution in [1.29, 1.82) is 0 Å². The Labute approximate surface area is 163 Å². The van der Waals surface area contributed by atoms with Crippen LogP contribution in [0.3, 0.4) is 0 Å². The summed E-state index contributed by atoms with van der Waals surface area (Å²) in [4.78, 5) is 28.7. The van der Waals surface area contributed by atoms with Gasteiger partial charge in [-0.3, -0.25) is 9.59 Å². The van der Waals surface area contributed by atoms with Crippen LogP contribution >= 0.6 is 0 Å². The average Bonchev–Trinajstić information content (AvgIpc) is 2.91. The van der Waals surface area contributed by atoms with Crippen LogP contribution in [0.15, 0.2) is 54.1 Å². The molecule has 2 aromatic carbocycles. The van der Waals surface area contributed by atoms with Gasteiger partial charge in [-0.05, 0) is 27.1 Å². The first-order chi connectivity index (χ1) is 13.3. The lowest BCUT2D eigenvalue weighted by Gasteiger charge is -2.26. The van der Waals surface area contributed by atoms with Gasteiger partial charge in [0, 0.05) is 24.2 Å². The molecule has 0 spiro atoms. The number of likely N-dealkylation sites (tertiary alicyclic amines) is 1. The molecular weight excluding hydrogens is 359 g/mol. The molecule has 1 atom stereocenters. The standard InChI is InChI=1S/C22H23FN2O3/c1-14-8-10-15(11-9-14)20(26)18-19(16-6-4-5-7-17(16)23)25(13-12-24(2)3)22(28)21(18)27/h4-11,19,26H,12-13H2,1-3H3/t19-/m0/s1. The van der Waals surface area contributed by atoms with Crippen molar-refractivity contribution in [3.63, 3.8) is 0 Å². The third-order valence-electron chi connectivity index (χ3n) is 4.85. The lowest BCUT2D eigenvalue weighted by molar-refractivity contribution is -0.140. The summed E-state index contributed by atoms with van der Waals surface area (Å²) in [6.07, 6.45) is 0. The maximum atomic E-state index is 14.6. The van der Waals surface area contributed by atoms with Gasteiger partial charge in [0.05, 0.1) is 11.6 Å². The summed E-state index contributed by atoms with van der Waals surface area (Å²) in [6.45, 7) is 2.65. The molecule has 0 saturated carbocycles. The lowest BCUT2D eigenvalue weighted by Crippen LogP contribution is -2.35. The zero-order chi connectivity index (χ0) is 20.4. The first-order valence-corrected chi connectivity index (χ1v) is 9.06. The Balaban J connectivity index is 2.16. The number of aliphatic hydroxyl groups is 1. The van der Waals surface area contributed by atoms with E-state index in [4.69, 9.17) is 0 Å².